The Morgan fingerprint density at radius 2 is 1.74 bits per heavy atom. The number of para-hydroxylation sites is 1. The molecule has 0 saturated heterocycles. The van der Waals surface area contributed by atoms with E-state index in [9.17, 15) is 10.1 Å². The summed E-state index contributed by atoms with van der Waals surface area (Å²) in [6, 6.07) is 23.3. The molecule has 154 valence electrons. The first-order chi connectivity index (χ1) is 15.1. The molecule has 0 aliphatic rings. The van der Waals surface area contributed by atoms with Crippen LogP contribution in [-0.4, -0.2) is 22.0 Å². The second-order valence-corrected chi connectivity index (χ2v) is 6.48. The number of nitro groups is 1. The Morgan fingerprint density at radius 3 is 2.52 bits per heavy atom. The molecule has 4 aromatic rings. The van der Waals surface area contributed by atoms with Gasteiger partial charge in [-0.1, -0.05) is 24.3 Å². The molecule has 8 nitrogen and oxygen atoms in total. The Morgan fingerprint density at radius 1 is 0.935 bits per heavy atom. The molecular formula is C23H18N4O4. The van der Waals surface area contributed by atoms with Gasteiger partial charge in [0.1, 0.15) is 11.5 Å². The lowest BCUT2D eigenvalue weighted by atomic mass is 10.1. The summed E-state index contributed by atoms with van der Waals surface area (Å²) in [4.78, 5) is 19.5. The lowest BCUT2D eigenvalue weighted by molar-refractivity contribution is -0.385. The highest BCUT2D eigenvalue weighted by molar-refractivity contribution is 5.67. The number of nitrogens with one attached hydrogen (secondary N) is 1. The molecule has 1 aromatic heterocycles. The van der Waals surface area contributed by atoms with Crippen molar-refractivity contribution in [2.75, 3.05) is 12.4 Å². The van der Waals surface area contributed by atoms with E-state index in [0.29, 0.717) is 23.0 Å². The van der Waals surface area contributed by atoms with E-state index in [-0.39, 0.29) is 11.4 Å². The molecule has 0 amide bonds. The predicted molar refractivity (Wildman–Crippen MR) is 117 cm³/mol. The Kier molecular flexibility index (Phi) is 5.70. The fourth-order valence-electron chi connectivity index (χ4n) is 2.96. The Hall–Kier alpha value is -4.46. The highest BCUT2D eigenvalue weighted by atomic mass is 16.6. The summed E-state index contributed by atoms with van der Waals surface area (Å²) in [6.07, 6.45) is 1.59. The van der Waals surface area contributed by atoms with Crippen LogP contribution in [0.3, 0.4) is 0 Å². The van der Waals surface area contributed by atoms with Crippen molar-refractivity contribution in [2.24, 2.45) is 0 Å². The van der Waals surface area contributed by atoms with Crippen LogP contribution in [0.2, 0.25) is 0 Å². The van der Waals surface area contributed by atoms with E-state index < -0.39 is 4.92 Å². The molecule has 0 unspecified atom stereocenters. The quantitative estimate of drug-likeness (QED) is 0.310. The number of ether oxygens (including phenoxy) is 2. The van der Waals surface area contributed by atoms with Crippen LogP contribution in [0.25, 0.3) is 11.3 Å². The summed E-state index contributed by atoms with van der Waals surface area (Å²) < 4.78 is 10.9. The molecule has 0 radical (unpaired) electrons. The SMILES string of the molecule is COc1ccc(-c2ccnc(Nc3cccc(Oc4ccccc4)c3)n2)cc1[N+](=O)[O-]. The van der Waals surface area contributed by atoms with Crippen LogP contribution in [-0.2, 0) is 0 Å². The molecule has 3 aromatic carbocycles. The van der Waals surface area contributed by atoms with Gasteiger partial charge in [0.2, 0.25) is 5.95 Å². The van der Waals surface area contributed by atoms with Crippen molar-refractivity contribution in [3.63, 3.8) is 0 Å². The molecule has 0 saturated carbocycles. The van der Waals surface area contributed by atoms with Gasteiger partial charge in [0, 0.05) is 29.6 Å². The van der Waals surface area contributed by atoms with Crippen molar-refractivity contribution in [2.45, 2.75) is 0 Å². The lowest BCUT2D eigenvalue weighted by Crippen LogP contribution is -1.99. The van der Waals surface area contributed by atoms with Crippen molar-refractivity contribution >= 4 is 17.3 Å². The lowest BCUT2D eigenvalue weighted by Gasteiger charge is -2.10. The van der Waals surface area contributed by atoms with E-state index in [0.717, 1.165) is 11.4 Å². The van der Waals surface area contributed by atoms with E-state index in [1.54, 1.807) is 24.4 Å². The van der Waals surface area contributed by atoms with Gasteiger partial charge in [-0.05, 0) is 42.5 Å². The molecule has 0 aliphatic carbocycles. The zero-order valence-corrected chi connectivity index (χ0v) is 16.6. The first-order valence-electron chi connectivity index (χ1n) is 9.38. The van der Waals surface area contributed by atoms with Crippen molar-refractivity contribution in [1.82, 2.24) is 9.97 Å². The second kappa shape index (κ2) is 8.91. The molecule has 0 fully saturated rings. The Balaban J connectivity index is 1.56. The third-order valence-corrected chi connectivity index (χ3v) is 4.40. The van der Waals surface area contributed by atoms with Crippen molar-refractivity contribution < 1.29 is 14.4 Å². The number of benzene rings is 3. The Labute approximate surface area is 178 Å². The maximum Gasteiger partial charge on any atom is 0.311 e. The predicted octanol–water partition coefficient (Wildman–Crippen LogP) is 5.60. The molecule has 31 heavy (non-hydrogen) atoms. The standard InChI is InChI=1S/C23H18N4O4/c1-30-22-11-10-16(14-21(22)27(28)29)20-12-13-24-23(26-20)25-17-6-5-9-19(15-17)31-18-7-3-2-4-8-18/h2-15H,1H3,(H,24,25,26). The van der Waals surface area contributed by atoms with Crippen molar-refractivity contribution in [3.05, 3.63) is 95.2 Å². The van der Waals surface area contributed by atoms with Gasteiger partial charge in [-0.15, -0.1) is 0 Å². The van der Waals surface area contributed by atoms with Crippen LogP contribution in [0.15, 0.2) is 85.1 Å². The van der Waals surface area contributed by atoms with Crippen molar-refractivity contribution in [3.8, 4) is 28.5 Å². The first-order valence-corrected chi connectivity index (χ1v) is 9.38. The van der Waals surface area contributed by atoms with E-state index in [4.69, 9.17) is 9.47 Å². The average Bonchev–Trinajstić information content (AvgIpc) is 2.80. The highest BCUT2D eigenvalue weighted by Crippen LogP contribution is 2.32. The summed E-state index contributed by atoms with van der Waals surface area (Å²) >= 11 is 0. The first kappa shape index (κ1) is 19.8. The number of methoxy groups -OCH3 is 1. The molecule has 0 spiro atoms. The van der Waals surface area contributed by atoms with Gasteiger partial charge in [0.25, 0.3) is 0 Å². The van der Waals surface area contributed by atoms with Crippen LogP contribution in [0.1, 0.15) is 0 Å². The summed E-state index contributed by atoms with van der Waals surface area (Å²) in [5, 5.41) is 14.4. The summed E-state index contributed by atoms with van der Waals surface area (Å²) in [7, 11) is 1.39. The van der Waals surface area contributed by atoms with E-state index in [2.05, 4.69) is 15.3 Å². The highest BCUT2D eigenvalue weighted by Gasteiger charge is 2.16. The van der Waals surface area contributed by atoms with E-state index in [1.807, 2.05) is 54.6 Å². The van der Waals surface area contributed by atoms with Gasteiger partial charge in [0.05, 0.1) is 17.7 Å². The van der Waals surface area contributed by atoms with Crippen molar-refractivity contribution in [1.29, 1.82) is 0 Å². The van der Waals surface area contributed by atoms with Gasteiger partial charge in [-0.25, -0.2) is 9.97 Å². The maximum absolute atomic E-state index is 11.3. The van der Waals surface area contributed by atoms with Crippen LogP contribution >= 0.6 is 0 Å². The zero-order chi connectivity index (χ0) is 21.6. The van der Waals surface area contributed by atoms with Crippen LogP contribution < -0.4 is 14.8 Å². The molecule has 4 rings (SSSR count). The minimum absolute atomic E-state index is 0.126. The minimum Gasteiger partial charge on any atom is -0.490 e. The topological polar surface area (TPSA) is 99.4 Å². The average molecular weight is 414 g/mol. The smallest absolute Gasteiger partial charge is 0.311 e. The van der Waals surface area contributed by atoms with Gasteiger partial charge >= 0.3 is 5.69 Å². The Bertz CT molecular complexity index is 1220. The summed E-state index contributed by atoms with van der Waals surface area (Å²) in [6.45, 7) is 0. The molecule has 8 heteroatoms. The molecule has 1 N–H and O–H groups in total. The van der Waals surface area contributed by atoms with E-state index >= 15 is 0 Å². The van der Waals surface area contributed by atoms with Gasteiger partial charge < -0.3 is 14.8 Å². The summed E-state index contributed by atoms with van der Waals surface area (Å²) in [5.74, 6) is 1.95. The number of aromatic nitrogens is 2. The number of hydrogen-bond donors (Lipinski definition) is 1. The molecule has 0 atom stereocenters. The number of nitrogens with zero attached hydrogens (tertiary/aromatic N) is 3. The number of nitro benzene ring substituents is 1. The van der Waals surface area contributed by atoms with Gasteiger partial charge in [-0.2, -0.15) is 0 Å². The largest absolute Gasteiger partial charge is 0.490 e. The van der Waals surface area contributed by atoms with Gasteiger partial charge in [0.15, 0.2) is 5.75 Å². The molecular weight excluding hydrogens is 396 g/mol. The summed E-state index contributed by atoms with van der Waals surface area (Å²) in [5.41, 5.74) is 1.74. The zero-order valence-electron chi connectivity index (χ0n) is 16.6. The molecule has 0 bridgehead atoms. The minimum atomic E-state index is -0.485. The fraction of sp³-hybridized carbons (Fsp3) is 0.0435. The van der Waals surface area contributed by atoms with Gasteiger partial charge in [-0.3, -0.25) is 10.1 Å². The number of hydrogen-bond acceptors (Lipinski definition) is 7. The normalized spacial score (nSPS) is 10.4. The van der Waals surface area contributed by atoms with Crippen LogP contribution in [0, 0.1) is 10.1 Å². The number of anilines is 2. The van der Waals surface area contributed by atoms with Crippen LogP contribution in [0.4, 0.5) is 17.3 Å². The molecule has 0 aliphatic heterocycles. The van der Waals surface area contributed by atoms with E-state index in [1.165, 1.54) is 13.2 Å². The second-order valence-electron chi connectivity index (χ2n) is 6.48. The monoisotopic (exact) mass is 414 g/mol. The number of rotatable bonds is 7. The molecule has 1 heterocycles. The third kappa shape index (κ3) is 4.76. The third-order valence-electron chi connectivity index (χ3n) is 4.40. The fourth-order valence-corrected chi connectivity index (χ4v) is 2.96. The van der Waals surface area contributed by atoms with Crippen LogP contribution in [0.5, 0.6) is 17.2 Å². The maximum atomic E-state index is 11.3.